The zero-order valence-corrected chi connectivity index (χ0v) is 19.5. The summed E-state index contributed by atoms with van der Waals surface area (Å²) in [6, 6.07) is 45.7. The van der Waals surface area contributed by atoms with Gasteiger partial charge in [-0.05, 0) is 46.5 Å². The number of benzene rings is 6. The molecular formula is C33H24N2. The molecule has 0 atom stereocenters. The third-order valence-corrected chi connectivity index (χ3v) is 7.16. The fourth-order valence-electron chi connectivity index (χ4n) is 5.60. The molecule has 0 aliphatic carbocycles. The highest BCUT2D eigenvalue weighted by atomic mass is 15.1. The highest BCUT2D eigenvalue weighted by Crippen LogP contribution is 2.45. The molecule has 0 bridgehead atoms. The number of fused-ring (bicyclic) bond motifs is 8. The standard InChI is InChI=1S/C33H24N2/c1-34(23-13-4-2-5-14-23)30-22-12-21-29-31-27-19-10-8-17-25(27)26-18-9-11-20-28(26)33(31)35(32(29)30)24-15-6-3-7-16-24/h2-22H,1H3. The molecule has 6 aromatic carbocycles. The number of nitrogens with zero attached hydrogens (tertiary/aromatic N) is 2. The van der Waals surface area contributed by atoms with Crippen molar-refractivity contribution in [3.8, 4) is 5.69 Å². The quantitative estimate of drug-likeness (QED) is 0.245. The van der Waals surface area contributed by atoms with Crippen LogP contribution in [0.15, 0.2) is 127 Å². The second-order valence-corrected chi connectivity index (χ2v) is 9.05. The zero-order valence-electron chi connectivity index (χ0n) is 19.5. The van der Waals surface area contributed by atoms with Crippen molar-refractivity contribution in [3.05, 3.63) is 127 Å². The molecule has 0 saturated heterocycles. The molecule has 0 spiro atoms. The van der Waals surface area contributed by atoms with E-state index in [1.807, 2.05) is 0 Å². The van der Waals surface area contributed by atoms with E-state index < -0.39 is 0 Å². The molecule has 2 heteroatoms. The minimum atomic E-state index is 1.17. The van der Waals surface area contributed by atoms with Crippen LogP contribution >= 0.6 is 0 Å². The summed E-state index contributed by atoms with van der Waals surface area (Å²) in [5, 5.41) is 7.72. The molecule has 2 nitrogen and oxygen atoms in total. The van der Waals surface area contributed by atoms with E-state index in [1.165, 1.54) is 60.4 Å². The first-order valence-electron chi connectivity index (χ1n) is 12.0. The largest absolute Gasteiger partial charge is 0.343 e. The van der Waals surface area contributed by atoms with Crippen LogP contribution in [0.4, 0.5) is 11.4 Å². The van der Waals surface area contributed by atoms with Gasteiger partial charge in [0.1, 0.15) is 0 Å². The van der Waals surface area contributed by atoms with Crippen LogP contribution in [0.5, 0.6) is 0 Å². The number of hydrogen-bond donors (Lipinski definition) is 0. The number of hydrogen-bond acceptors (Lipinski definition) is 1. The van der Waals surface area contributed by atoms with Crippen LogP contribution in [0.2, 0.25) is 0 Å². The summed E-state index contributed by atoms with van der Waals surface area (Å²) in [6.45, 7) is 0. The van der Waals surface area contributed by atoms with E-state index in [0.29, 0.717) is 0 Å². The molecule has 35 heavy (non-hydrogen) atoms. The summed E-state index contributed by atoms with van der Waals surface area (Å²) in [7, 11) is 2.16. The van der Waals surface area contributed by atoms with E-state index in [-0.39, 0.29) is 0 Å². The first-order chi connectivity index (χ1) is 17.3. The third kappa shape index (κ3) is 2.90. The lowest BCUT2D eigenvalue weighted by Gasteiger charge is -2.22. The number of anilines is 2. The SMILES string of the molecule is CN(c1ccccc1)c1cccc2c3c4ccccc4c4ccccc4c3n(-c3ccccc3)c12. The van der Waals surface area contributed by atoms with Gasteiger partial charge in [0.05, 0.1) is 16.7 Å². The molecular weight excluding hydrogens is 424 g/mol. The molecule has 0 radical (unpaired) electrons. The van der Waals surface area contributed by atoms with Crippen molar-refractivity contribution in [2.24, 2.45) is 0 Å². The van der Waals surface area contributed by atoms with Crippen molar-refractivity contribution < 1.29 is 0 Å². The van der Waals surface area contributed by atoms with Crippen molar-refractivity contribution in [3.63, 3.8) is 0 Å². The van der Waals surface area contributed by atoms with Gasteiger partial charge >= 0.3 is 0 Å². The van der Waals surface area contributed by atoms with Crippen molar-refractivity contribution >= 4 is 54.7 Å². The van der Waals surface area contributed by atoms with Crippen LogP contribution in [0.25, 0.3) is 49.0 Å². The van der Waals surface area contributed by atoms with E-state index in [9.17, 15) is 0 Å². The molecule has 0 N–H and O–H groups in total. The Kier molecular flexibility index (Phi) is 4.40. The number of aromatic nitrogens is 1. The highest BCUT2D eigenvalue weighted by Gasteiger charge is 2.22. The first-order valence-corrected chi connectivity index (χ1v) is 12.0. The van der Waals surface area contributed by atoms with Crippen LogP contribution < -0.4 is 4.90 Å². The van der Waals surface area contributed by atoms with Gasteiger partial charge in [-0.25, -0.2) is 0 Å². The second-order valence-electron chi connectivity index (χ2n) is 9.05. The molecule has 7 rings (SSSR count). The molecule has 166 valence electrons. The van der Waals surface area contributed by atoms with Gasteiger partial charge in [0.15, 0.2) is 0 Å². The van der Waals surface area contributed by atoms with Crippen LogP contribution in [-0.2, 0) is 0 Å². The molecule has 1 heterocycles. The van der Waals surface area contributed by atoms with Crippen molar-refractivity contribution in [1.82, 2.24) is 4.57 Å². The minimum Gasteiger partial charge on any atom is -0.343 e. The summed E-state index contributed by atoms with van der Waals surface area (Å²) in [5.74, 6) is 0. The van der Waals surface area contributed by atoms with Crippen LogP contribution in [0.1, 0.15) is 0 Å². The fourth-order valence-corrected chi connectivity index (χ4v) is 5.60. The normalized spacial score (nSPS) is 11.6. The Morgan fingerprint density at radius 1 is 0.457 bits per heavy atom. The second kappa shape index (κ2) is 7.75. The lowest BCUT2D eigenvalue weighted by Crippen LogP contribution is -2.11. The summed E-state index contributed by atoms with van der Waals surface area (Å²) >= 11 is 0. The van der Waals surface area contributed by atoms with Gasteiger partial charge in [-0.15, -0.1) is 0 Å². The van der Waals surface area contributed by atoms with E-state index in [0.717, 1.165) is 0 Å². The summed E-state index contributed by atoms with van der Waals surface area (Å²) in [5.41, 5.74) is 6.00. The van der Waals surface area contributed by atoms with Crippen LogP contribution in [0, 0.1) is 0 Å². The van der Waals surface area contributed by atoms with E-state index in [2.05, 4.69) is 144 Å². The maximum absolute atomic E-state index is 2.47. The van der Waals surface area contributed by atoms with Gasteiger partial charge in [-0.2, -0.15) is 0 Å². The molecule has 0 unspecified atom stereocenters. The smallest absolute Gasteiger partial charge is 0.0779 e. The maximum atomic E-state index is 2.47. The Morgan fingerprint density at radius 3 is 1.71 bits per heavy atom. The predicted molar refractivity (Wildman–Crippen MR) is 150 cm³/mol. The highest BCUT2D eigenvalue weighted by molar-refractivity contribution is 6.33. The molecule has 0 amide bonds. The molecule has 0 aliphatic rings. The van der Waals surface area contributed by atoms with E-state index in [1.54, 1.807) is 0 Å². The number of rotatable bonds is 3. The summed E-state index contributed by atoms with van der Waals surface area (Å²) in [4.78, 5) is 2.30. The van der Waals surface area contributed by atoms with Crippen LogP contribution in [0.3, 0.4) is 0 Å². The van der Waals surface area contributed by atoms with Crippen LogP contribution in [-0.4, -0.2) is 11.6 Å². The first kappa shape index (κ1) is 19.9. The topological polar surface area (TPSA) is 8.17 Å². The molecule has 7 aromatic rings. The molecule has 0 aliphatic heterocycles. The summed E-state index contributed by atoms with van der Waals surface area (Å²) < 4.78 is 2.47. The maximum Gasteiger partial charge on any atom is 0.0779 e. The Balaban J connectivity index is 1.75. The van der Waals surface area contributed by atoms with Gasteiger partial charge in [-0.1, -0.05) is 97.1 Å². The summed E-state index contributed by atoms with van der Waals surface area (Å²) in [6.07, 6.45) is 0. The van der Waals surface area contributed by atoms with E-state index in [4.69, 9.17) is 0 Å². The Labute approximate surface area is 204 Å². The molecule has 0 saturated carbocycles. The Hall–Kier alpha value is -4.56. The van der Waals surface area contributed by atoms with Gasteiger partial charge in [-0.3, -0.25) is 0 Å². The predicted octanol–water partition coefficient (Wildman–Crippen LogP) is 8.86. The number of para-hydroxylation sites is 3. The van der Waals surface area contributed by atoms with Gasteiger partial charge in [0, 0.05) is 34.6 Å². The lowest BCUT2D eigenvalue weighted by atomic mass is 9.96. The molecule has 1 aromatic heterocycles. The monoisotopic (exact) mass is 448 g/mol. The van der Waals surface area contributed by atoms with Gasteiger partial charge in [0.25, 0.3) is 0 Å². The van der Waals surface area contributed by atoms with Crippen molar-refractivity contribution in [2.45, 2.75) is 0 Å². The Bertz CT molecular complexity index is 1850. The van der Waals surface area contributed by atoms with Gasteiger partial charge < -0.3 is 9.47 Å². The average molecular weight is 449 g/mol. The minimum absolute atomic E-state index is 1.17. The Morgan fingerprint density at radius 2 is 1.00 bits per heavy atom. The fraction of sp³-hybridized carbons (Fsp3) is 0.0303. The zero-order chi connectivity index (χ0) is 23.4. The third-order valence-electron chi connectivity index (χ3n) is 7.16. The van der Waals surface area contributed by atoms with Crippen molar-refractivity contribution in [2.75, 3.05) is 11.9 Å². The lowest BCUT2D eigenvalue weighted by molar-refractivity contribution is 1.15. The van der Waals surface area contributed by atoms with E-state index >= 15 is 0 Å². The van der Waals surface area contributed by atoms with Crippen molar-refractivity contribution in [1.29, 1.82) is 0 Å². The van der Waals surface area contributed by atoms with Gasteiger partial charge in [0.2, 0.25) is 0 Å². The average Bonchev–Trinajstić information content (AvgIpc) is 3.30. The molecule has 0 fully saturated rings.